The zero-order valence-electron chi connectivity index (χ0n) is 28.0. The summed E-state index contributed by atoms with van der Waals surface area (Å²) in [5.41, 5.74) is 3.01. The average molecular weight is 878 g/mol. The van der Waals surface area contributed by atoms with Crippen molar-refractivity contribution in [3.8, 4) is 28.1 Å². The summed E-state index contributed by atoms with van der Waals surface area (Å²) in [5, 5.41) is 18.9. The van der Waals surface area contributed by atoms with Gasteiger partial charge in [0.1, 0.15) is 44.8 Å². The first kappa shape index (κ1) is 44.7. The molecule has 15 heteroatoms. The summed E-state index contributed by atoms with van der Waals surface area (Å²) >= 11 is 18.1. The molecule has 1 aliphatic heterocycles. The molecular weight excluding hydrogens is 844 g/mol. The van der Waals surface area contributed by atoms with E-state index in [-0.39, 0.29) is 108 Å². The number of aliphatic hydroxyl groups excluding tert-OH is 1. The molecule has 0 amide bonds. The first-order chi connectivity index (χ1) is 23.2. The summed E-state index contributed by atoms with van der Waals surface area (Å²) in [5.74, 6) is -1.67. The fourth-order valence-electron chi connectivity index (χ4n) is 5.09. The van der Waals surface area contributed by atoms with Gasteiger partial charge in [-0.3, -0.25) is 4.79 Å². The van der Waals surface area contributed by atoms with Crippen LogP contribution in [0.2, 0.25) is 15.5 Å². The normalized spacial score (nSPS) is 13.9. The van der Waals surface area contributed by atoms with Gasteiger partial charge in [0.15, 0.2) is 0 Å². The van der Waals surface area contributed by atoms with Crippen molar-refractivity contribution in [3.63, 3.8) is 0 Å². The van der Waals surface area contributed by atoms with Gasteiger partial charge in [-0.25, -0.2) is 27.5 Å². The second-order valence-electron chi connectivity index (χ2n) is 11.8. The maximum atomic E-state index is 14.1. The van der Waals surface area contributed by atoms with Crippen LogP contribution in [0.5, 0.6) is 5.88 Å². The van der Waals surface area contributed by atoms with Gasteiger partial charge in [0, 0.05) is 28.8 Å². The van der Waals surface area contributed by atoms with Crippen molar-refractivity contribution >= 4 is 41.3 Å². The third-order valence-corrected chi connectivity index (χ3v) is 8.42. The van der Waals surface area contributed by atoms with Gasteiger partial charge in [-0.05, 0) is 90.6 Å². The number of carbonyl (C=O) groups is 1. The predicted octanol–water partition coefficient (Wildman–Crippen LogP) is 5.75. The van der Waals surface area contributed by atoms with Gasteiger partial charge in [0.05, 0.1) is 6.10 Å². The summed E-state index contributed by atoms with van der Waals surface area (Å²) < 4.78 is 60.4. The average Bonchev–Trinajstić information content (AvgIpc) is 3.03. The van der Waals surface area contributed by atoms with E-state index in [1.807, 2.05) is 13.8 Å². The molecule has 0 saturated carbocycles. The van der Waals surface area contributed by atoms with Crippen LogP contribution in [0.15, 0.2) is 48.5 Å². The molecule has 4 aromatic rings. The molecule has 2 aromatic carbocycles. The molecule has 3 heterocycles. The van der Waals surface area contributed by atoms with Crippen molar-refractivity contribution in [2.75, 3.05) is 0 Å². The van der Waals surface area contributed by atoms with E-state index in [2.05, 4.69) is 28.7 Å². The molecule has 0 aliphatic carbocycles. The SMILES string of the molecule is CC(C)C(O)CCc1c(-c2ccc(F)cc2F)cc(Cl)nc1Cl.CC(C)C1CCc2c(-c3ccc(F)cc3F)cc(Cl)nc2O1.O=CO[O-].[Cs+]. The van der Waals surface area contributed by atoms with Crippen molar-refractivity contribution in [2.24, 2.45) is 11.8 Å². The summed E-state index contributed by atoms with van der Waals surface area (Å²) in [6.07, 6.45) is 2.00. The molecule has 5 rings (SSSR count). The number of carbonyl (C=O) groups excluding carboxylic acids is 1. The smallest absolute Gasteiger partial charge is 0.662 e. The number of benzene rings is 2. The molecule has 2 atom stereocenters. The van der Waals surface area contributed by atoms with Gasteiger partial charge in [-0.1, -0.05) is 62.5 Å². The van der Waals surface area contributed by atoms with Crippen molar-refractivity contribution in [3.05, 3.63) is 98.4 Å². The Kier molecular flexibility index (Phi) is 19.1. The fraction of sp³-hybridized carbons (Fsp3) is 0.343. The van der Waals surface area contributed by atoms with Crippen molar-refractivity contribution < 1.29 is 111 Å². The number of hydrogen-bond donors (Lipinski definition) is 1. The number of rotatable bonds is 8. The van der Waals surface area contributed by atoms with E-state index in [0.29, 0.717) is 46.9 Å². The fourth-order valence-corrected chi connectivity index (χ4v) is 5.80. The number of aromatic nitrogens is 2. The first-order valence-corrected chi connectivity index (χ1v) is 16.3. The molecule has 0 fully saturated rings. The van der Waals surface area contributed by atoms with Crippen LogP contribution < -0.4 is 78.9 Å². The van der Waals surface area contributed by atoms with Crippen LogP contribution in [0, 0.1) is 35.1 Å². The Hall–Kier alpha value is -1.43. The van der Waals surface area contributed by atoms with Crippen LogP contribution in [0.25, 0.3) is 22.3 Å². The third kappa shape index (κ3) is 12.6. The van der Waals surface area contributed by atoms with E-state index in [1.165, 1.54) is 30.3 Å². The summed E-state index contributed by atoms with van der Waals surface area (Å²) in [4.78, 5) is 19.5. The number of hydrogen-bond acceptors (Lipinski definition) is 7. The summed E-state index contributed by atoms with van der Waals surface area (Å²) in [6.45, 7) is 7.81. The molecule has 50 heavy (non-hydrogen) atoms. The molecule has 7 nitrogen and oxygen atoms in total. The molecule has 0 spiro atoms. The number of nitrogens with zero attached hydrogens (tertiary/aromatic N) is 2. The molecular formula is C35H34Cl3CsF4N2O5. The Bertz CT molecular complexity index is 1750. The van der Waals surface area contributed by atoms with Gasteiger partial charge >= 0.3 is 68.9 Å². The monoisotopic (exact) mass is 876 g/mol. The van der Waals surface area contributed by atoms with Crippen molar-refractivity contribution in [2.45, 2.75) is 65.6 Å². The van der Waals surface area contributed by atoms with Crippen molar-refractivity contribution in [1.82, 2.24) is 9.97 Å². The van der Waals surface area contributed by atoms with Crippen LogP contribution in [0.4, 0.5) is 17.6 Å². The molecule has 2 aromatic heterocycles. The molecule has 264 valence electrons. The van der Waals surface area contributed by atoms with Gasteiger partial charge < -0.3 is 20.0 Å². The minimum absolute atomic E-state index is 0. The third-order valence-electron chi connectivity index (χ3n) is 7.72. The molecule has 2 unspecified atom stereocenters. The van der Waals surface area contributed by atoms with E-state index in [0.717, 1.165) is 30.5 Å². The largest absolute Gasteiger partial charge is 1.00 e. The minimum atomic E-state index is -0.700. The molecule has 1 aliphatic rings. The zero-order valence-corrected chi connectivity index (χ0v) is 36.5. The van der Waals surface area contributed by atoms with Gasteiger partial charge in [0.2, 0.25) is 5.88 Å². The van der Waals surface area contributed by atoms with E-state index in [1.54, 1.807) is 6.07 Å². The van der Waals surface area contributed by atoms with E-state index >= 15 is 0 Å². The molecule has 0 bridgehead atoms. The van der Waals surface area contributed by atoms with Crippen LogP contribution in [-0.2, 0) is 22.5 Å². The van der Waals surface area contributed by atoms with Crippen LogP contribution in [-0.4, -0.2) is 33.8 Å². The van der Waals surface area contributed by atoms with Crippen LogP contribution in [0.3, 0.4) is 0 Å². The summed E-state index contributed by atoms with van der Waals surface area (Å²) in [6, 6.07) is 9.96. The van der Waals surface area contributed by atoms with E-state index < -0.39 is 29.4 Å². The maximum absolute atomic E-state index is 14.1. The van der Waals surface area contributed by atoms with Gasteiger partial charge in [0.25, 0.3) is 6.47 Å². The Labute approximate surface area is 362 Å². The number of halogens is 7. The Morgan fingerprint density at radius 2 is 1.42 bits per heavy atom. The first-order valence-electron chi connectivity index (χ1n) is 15.2. The van der Waals surface area contributed by atoms with Crippen LogP contribution in [0.1, 0.15) is 51.7 Å². The van der Waals surface area contributed by atoms with Gasteiger partial charge in [-0.15, -0.1) is 0 Å². The van der Waals surface area contributed by atoms with E-state index in [9.17, 15) is 22.7 Å². The number of pyridine rings is 2. The number of fused-ring (bicyclic) bond motifs is 1. The number of ether oxygens (including phenoxy) is 1. The molecule has 0 saturated heterocycles. The second kappa shape index (κ2) is 21.3. The minimum Gasteiger partial charge on any atom is -0.662 e. The molecule has 0 radical (unpaired) electrons. The van der Waals surface area contributed by atoms with E-state index in [4.69, 9.17) is 49.6 Å². The summed E-state index contributed by atoms with van der Waals surface area (Å²) in [7, 11) is 0. The van der Waals surface area contributed by atoms with Gasteiger partial charge in [-0.2, -0.15) is 0 Å². The van der Waals surface area contributed by atoms with Crippen molar-refractivity contribution in [1.29, 1.82) is 0 Å². The standard InChI is InChI=1S/C17H17Cl2F2NO.C17H16ClF2NO.CH2O3.Cs/c1-9(2)15(23)6-5-12-13(8-16(18)22-17(12)19)11-4-3-10(20)7-14(11)21;1-9(2)15-6-5-12-13(8-16(18)21-17(12)22-15)11-4-3-10(19)7-14(11)20;2-1-4-3;/h3-4,7-9,15,23H,5-6H2,1-2H3;3-4,7-9,15H,5-6H2,1-2H3;1,3H;/q;;;+1/p-1. The Balaban J connectivity index is 0.000000308. The quantitative estimate of drug-likeness (QED) is 0.0791. The topological polar surface area (TPSA) is 105 Å². The second-order valence-corrected chi connectivity index (χ2v) is 12.9. The molecule has 1 N–H and O–H groups in total. The zero-order chi connectivity index (χ0) is 36.4. The Morgan fingerprint density at radius 3 is 1.92 bits per heavy atom. The number of aliphatic hydroxyl groups is 1. The van der Waals surface area contributed by atoms with Crippen LogP contribution >= 0.6 is 34.8 Å². The maximum Gasteiger partial charge on any atom is 1.00 e. The predicted molar refractivity (Wildman–Crippen MR) is 178 cm³/mol. The Morgan fingerprint density at radius 1 is 0.900 bits per heavy atom.